The van der Waals surface area contributed by atoms with E-state index in [0.29, 0.717) is 16.6 Å². The molecule has 0 aliphatic heterocycles. The molecule has 0 saturated carbocycles. The summed E-state index contributed by atoms with van der Waals surface area (Å²) < 4.78 is 6.55. The first-order chi connectivity index (χ1) is 11.8. The second kappa shape index (κ2) is 11.0. The van der Waals surface area contributed by atoms with Gasteiger partial charge in [-0.1, -0.05) is 59.7 Å². The highest BCUT2D eigenvalue weighted by atomic mass is 28.4. The van der Waals surface area contributed by atoms with Gasteiger partial charge in [0.1, 0.15) is 6.10 Å². The lowest BCUT2D eigenvalue weighted by molar-refractivity contribution is 0.0372. The van der Waals surface area contributed by atoms with Crippen molar-refractivity contribution in [3.05, 3.63) is 30.3 Å². The Balaban J connectivity index is 2.45. The number of para-hydroxylation sites is 1. The van der Waals surface area contributed by atoms with Crippen molar-refractivity contribution in [2.24, 2.45) is 0 Å². The van der Waals surface area contributed by atoms with Gasteiger partial charge in [-0.05, 0) is 41.6 Å². The molecule has 2 N–H and O–H groups in total. The number of nitrogens with one attached hydrogen (secondary N) is 1. The van der Waals surface area contributed by atoms with Crippen molar-refractivity contribution in [3.8, 4) is 0 Å². The first-order valence-corrected chi connectivity index (χ1v) is 11.7. The van der Waals surface area contributed by atoms with Gasteiger partial charge in [0.05, 0.1) is 12.3 Å². The summed E-state index contributed by atoms with van der Waals surface area (Å²) in [6.07, 6.45) is 1.44. The van der Waals surface area contributed by atoms with Crippen LogP contribution < -0.4 is 5.48 Å². The van der Waals surface area contributed by atoms with E-state index in [2.05, 4.69) is 47.0 Å². The molecule has 1 aromatic rings. The van der Waals surface area contributed by atoms with Gasteiger partial charge in [-0.25, -0.2) is 0 Å². The average molecular weight is 368 g/mol. The van der Waals surface area contributed by atoms with Crippen LogP contribution >= 0.6 is 0 Å². The highest BCUT2D eigenvalue weighted by molar-refractivity contribution is 6.77. The molecule has 0 heterocycles. The Hall–Kier alpha value is -0.883. The van der Waals surface area contributed by atoms with Crippen LogP contribution in [0.25, 0.3) is 0 Å². The Bertz CT molecular complexity index is 443. The van der Waals surface area contributed by atoms with E-state index in [1.807, 2.05) is 30.3 Å². The van der Waals surface area contributed by atoms with Crippen molar-refractivity contribution in [3.63, 3.8) is 0 Å². The average Bonchev–Trinajstić information content (AvgIpc) is 2.57. The van der Waals surface area contributed by atoms with E-state index in [1.54, 1.807) is 0 Å². The molecule has 0 bridgehead atoms. The number of aliphatic hydroxyl groups is 1. The molecule has 0 radical (unpaired) electrons. The van der Waals surface area contributed by atoms with Crippen molar-refractivity contribution in [1.82, 2.24) is 0 Å². The molecule has 0 spiro atoms. The van der Waals surface area contributed by atoms with Crippen LogP contribution in [0.2, 0.25) is 16.6 Å². The van der Waals surface area contributed by atoms with Gasteiger partial charge in [-0.3, -0.25) is 10.3 Å². The summed E-state index contributed by atoms with van der Waals surface area (Å²) in [5.41, 5.74) is 5.59. The third-order valence-electron chi connectivity index (χ3n) is 5.05. The quantitative estimate of drug-likeness (QED) is 0.296. The second-order valence-electron chi connectivity index (χ2n) is 7.70. The van der Waals surface area contributed by atoms with Crippen molar-refractivity contribution in [2.45, 2.75) is 77.1 Å². The molecule has 5 heteroatoms. The fourth-order valence-electron chi connectivity index (χ4n) is 3.90. The van der Waals surface area contributed by atoms with E-state index in [-0.39, 0.29) is 12.7 Å². The van der Waals surface area contributed by atoms with E-state index in [9.17, 15) is 5.11 Å². The maximum atomic E-state index is 9.53. The van der Waals surface area contributed by atoms with Crippen molar-refractivity contribution >= 4 is 14.0 Å². The summed E-state index contributed by atoms with van der Waals surface area (Å²) in [4.78, 5) is 5.61. The highest BCUT2D eigenvalue weighted by Crippen LogP contribution is 2.42. The van der Waals surface area contributed by atoms with Crippen LogP contribution in [-0.2, 0) is 9.26 Å². The minimum absolute atomic E-state index is 0.000939. The number of benzene rings is 1. The topological polar surface area (TPSA) is 50.7 Å². The molecule has 4 nitrogen and oxygen atoms in total. The third kappa shape index (κ3) is 6.41. The van der Waals surface area contributed by atoms with Gasteiger partial charge in [0, 0.05) is 6.61 Å². The van der Waals surface area contributed by atoms with Gasteiger partial charge in [0.25, 0.3) is 0 Å². The van der Waals surface area contributed by atoms with Crippen LogP contribution in [0.5, 0.6) is 0 Å². The lowest BCUT2D eigenvalue weighted by atomic mass is 10.2. The molecule has 144 valence electrons. The van der Waals surface area contributed by atoms with Gasteiger partial charge >= 0.3 is 0 Å². The molecule has 0 aliphatic rings. The highest BCUT2D eigenvalue weighted by Gasteiger charge is 2.44. The van der Waals surface area contributed by atoms with Crippen molar-refractivity contribution in [2.75, 3.05) is 18.7 Å². The van der Waals surface area contributed by atoms with Crippen LogP contribution in [0, 0.1) is 0 Å². The van der Waals surface area contributed by atoms with E-state index in [0.717, 1.165) is 25.1 Å². The predicted molar refractivity (Wildman–Crippen MR) is 108 cm³/mol. The molecule has 1 rings (SSSR count). The molecule has 0 saturated heterocycles. The van der Waals surface area contributed by atoms with Gasteiger partial charge in [-0.2, -0.15) is 0 Å². The Kier molecular flexibility index (Phi) is 9.72. The maximum absolute atomic E-state index is 9.53. The summed E-state index contributed by atoms with van der Waals surface area (Å²) in [6.45, 7) is 14.6. The Morgan fingerprint density at radius 3 is 2.00 bits per heavy atom. The van der Waals surface area contributed by atoms with Crippen molar-refractivity contribution < 1.29 is 14.4 Å². The summed E-state index contributed by atoms with van der Waals surface area (Å²) in [5.74, 6) is 0. The number of hydrogen-bond acceptors (Lipinski definition) is 4. The summed E-state index contributed by atoms with van der Waals surface area (Å²) >= 11 is 0. The fraction of sp³-hybridized carbons (Fsp3) is 0.700. The zero-order valence-electron chi connectivity index (χ0n) is 16.8. The summed E-state index contributed by atoms with van der Waals surface area (Å²) in [5, 5.41) is 9.53. The number of hydrogen-bond donors (Lipinski definition) is 2. The first-order valence-electron chi connectivity index (χ1n) is 9.56. The van der Waals surface area contributed by atoms with E-state index in [4.69, 9.17) is 9.26 Å². The van der Waals surface area contributed by atoms with Gasteiger partial charge in [0.15, 0.2) is 8.32 Å². The van der Waals surface area contributed by atoms with E-state index >= 15 is 0 Å². The zero-order valence-corrected chi connectivity index (χ0v) is 17.8. The first kappa shape index (κ1) is 22.2. The van der Waals surface area contributed by atoms with Crippen LogP contribution in [0.15, 0.2) is 30.3 Å². The zero-order chi connectivity index (χ0) is 18.9. The number of aliphatic hydroxyl groups excluding tert-OH is 1. The van der Waals surface area contributed by atoms with Gasteiger partial charge in [0.2, 0.25) is 0 Å². The monoisotopic (exact) mass is 367 g/mol. The Morgan fingerprint density at radius 2 is 1.52 bits per heavy atom. The van der Waals surface area contributed by atoms with Crippen LogP contribution in [-0.4, -0.2) is 32.7 Å². The summed E-state index contributed by atoms with van der Waals surface area (Å²) in [6, 6.07) is 9.72. The molecule has 25 heavy (non-hydrogen) atoms. The Morgan fingerprint density at radius 1 is 0.960 bits per heavy atom. The standard InChI is InChI=1S/C20H37NO3Si/c1-16(2)25(17(3)4,18(5)6)23-14-10-13-20(15-22)24-21-19-11-8-7-9-12-19/h7-9,11-12,16-18,20-22H,10,13-15H2,1-6H3/t20-/m1/s1. The van der Waals surface area contributed by atoms with Crippen LogP contribution in [0.3, 0.4) is 0 Å². The van der Waals surface area contributed by atoms with Crippen molar-refractivity contribution in [1.29, 1.82) is 0 Å². The number of anilines is 1. The molecular formula is C20H37NO3Si. The molecule has 1 atom stereocenters. The predicted octanol–water partition coefficient (Wildman–Crippen LogP) is 5.36. The van der Waals surface area contributed by atoms with Crippen LogP contribution in [0.4, 0.5) is 5.69 Å². The largest absolute Gasteiger partial charge is 0.416 e. The molecule has 0 amide bonds. The molecular weight excluding hydrogens is 330 g/mol. The Labute approximate surface area is 155 Å². The lowest BCUT2D eigenvalue weighted by Crippen LogP contribution is -2.48. The fourth-order valence-corrected chi connectivity index (χ4v) is 9.40. The number of rotatable bonds is 12. The molecule has 0 aliphatic carbocycles. The minimum Gasteiger partial charge on any atom is -0.416 e. The minimum atomic E-state index is -1.80. The third-order valence-corrected chi connectivity index (χ3v) is 11.2. The SMILES string of the molecule is CC(C)[Si](OCCC[C@H](CO)ONc1ccccc1)(C(C)C)C(C)C. The van der Waals surface area contributed by atoms with Gasteiger partial charge < -0.3 is 9.53 Å². The molecule has 1 aromatic carbocycles. The van der Waals surface area contributed by atoms with E-state index in [1.165, 1.54) is 0 Å². The smallest absolute Gasteiger partial charge is 0.200 e. The lowest BCUT2D eigenvalue weighted by Gasteiger charge is -2.42. The van der Waals surface area contributed by atoms with Gasteiger partial charge in [-0.15, -0.1) is 0 Å². The van der Waals surface area contributed by atoms with E-state index < -0.39 is 8.32 Å². The van der Waals surface area contributed by atoms with Crippen LogP contribution in [0.1, 0.15) is 54.4 Å². The normalized spacial score (nSPS) is 13.7. The summed E-state index contributed by atoms with van der Waals surface area (Å²) in [7, 11) is -1.80. The molecule has 0 fully saturated rings. The second-order valence-corrected chi connectivity index (χ2v) is 13.2. The molecule has 0 aromatic heterocycles. The maximum Gasteiger partial charge on any atom is 0.200 e. The molecule has 0 unspecified atom stereocenters.